The van der Waals surface area contributed by atoms with E-state index in [-0.39, 0.29) is 6.09 Å². The zero-order chi connectivity index (χ0) is 12.8. The number of piperidine rings is 1. The molecule has 4 nitrogen and oxygen atoms in total. The summed E-state index contributed by atoms with van der Waals surface area (Å²) < 4.78 is 5.01. The van der Waals surface area contributed by atoms with Gasteiger partial charge in [0.15, 0.2) is 0 Å². The maximum Gasteiger partial charge on any atom is 0.409 e. The minimum absolute atomic E-state index is 0.150. The van der Waals surface area contributed by atoms with E-state index in [9.17, 15) is 4.79 Å². The summed E-state index contributed by atoms with van der Waals surface area (Å²) in [6, 6.07) is 0.595. The first-order valence-corrected chi connectivity index (χ1v) is 6.66. The molecule has 0 aromatic rings. The minimum atomic E-state index is -0.150. The first kappa shape index (κ1) is 14.3. The SMILES string of the molecule is CCOC(=O)N1CCC(CN(C)C(C)C)CC1. The molecular formula is C13H26N2O2. The number of ether oxygens (including phenoxy) is 1. The van der Waals surface area contributed by atoms with Gasteiger partial charge in [-0.05, 0) is 46.6 Å². The molecule has 0 unspecified atom stereocenters. The molecule has 1 aliphatic rings. The first-order valence-electron chi connectivity index (χ1n) is 6.66. The van der Waals surface area contributed by atoms with Crippen molar-refractivity contribution in [3.05, 3.63) is 0 Å². The summed E-state index contributed by atoms with van der Waals surface area (Å²) in [4.78, 5) is 15.7. The van der Waals surface area contributed by atoms with Crippen molar-refractivity contribution in [2.75, 3.05) is 33.3 Å². The second-order valence-corrected chi connectivity index (χ2v) is 5.16. The van der Waals surface area contributed by atoms with E-state index in [4.69, 9.17) is 4.74 Å². The molecule has 1 saturated heterocycles. The molecule has 1 rings (SSSR count). The summed E-state index contributed by atoms with van der Waals surface area (Å²) in [5, 5.41) is 0. The van der Waals surface area contributed by atoms with E-state index in [1.807, 2.05) is 11.8 Å². The highest BCUT2D eigenvalue weighted by Crippen LogP contribution is 2.19. The Bertz CT molecular complexity index is 236. The monoisotopic (exact) mass is 242 g/mol. The maximum atomic E-state index is 11.5. The van der Waals surface area contributed by atoms with E-state index in [2.05, 4.69) is 25.8 Å². The molecular weight excluding hydrogens is 216 g/mol. The molecule has 0 atom stereocenters. The van der Waals surface area contributed by atoms with Crippen molar-refractivity contribution < 1.29 is 9.53 Å². The molecule has 0 saturated carbocycles. The van der Waals surface area contributed by atoms with Crippen LogP contribution >= 0.6 is 0 Å². The molecule has 0 aromatic carbocycles. The molecule has 0 aliphatic carbocycles. The quantitative estimate of drug-likeness (QED) is 0.757. The average Bonchev–Trinajstić information content (AvgIpc) is 2.30. The zero-order valence-electron chi connectivity index (χ0n) is 11.6. The lowest BCUT2D eigenvalue weighted by molar-refractivity contribution is 0.0855. The van der Waals surface area contributed by atoms with Crippen LogP contribution in [0.25, 0.3) is 0 Å². The van der Waals surface area contributed by atoms with E-state index < -0.39 is 0 Å². The van der Waals surface area contributed by atoms with Crippen molar-refractivity contribution >= 4 is 6.09 Å². The predicted octanol–water partition coefficient (Wildman–Crippen LogP) is 2.20. The Labute approximate surface area is 105 Å². The van der Waals surface area contributed by atoms with E-state index in [1.165, 1.54) is 0 Å². The van der Waals surface area contributed by atoms with Crippen LogP contribution in [0, 0.1) is 5.92 Å². The van der Waals surface area contributed by atoms with E-state index in [1.54, 1.807) is 0 Å². The number of amides is 1. The smallest absolute Gasteiger partial charge is 0.409 e. The van der Waals surface area contributed by atoms with Crippen LogP contribution in [0.1, 0.15) is 33.6 Å². The molecule has 17 heavy (non-hydrogen) atoms. The lowest BCUT2D eigenvalue weighted by Gasteiger charge is -2.34. The highest BCUT2D eigenvalue weighted by atomic mass is 16.6. The van der Waals surface area contributed by atoms with Crippen LogP contribution in [0.2, 0.25) is 0 Å². The van der Waals surface area contributed by atoms with Gasteiger partial charge >= 0.3 is 6.09 Å². The van der Waals surface area contributed by atoms with Crippen molar-refractivity contribution in [3.8, 4) is 0 Å². The molecule has 4 heteroatoms. The van der Waals surface area contributed by atoms with Gasteiger partial charge in [-0.3, -0.25) is 0 Å². The molecule has 0 radical (unpaired) electrons. The third kappa shape index (κ3) is 4.54. The van der Waals surface area contributed by atoms with Crippen molar-refractivity contribution in [1.82, 2.24) is 9.80 Å². The predicted molar refractivity (Wildman–Crippen MR) is 69.1 cm³/mol. The summed E-state index contributed by atoms with van der Waals surface area (Å²) in [7, 11) is 2.17. The van der Waals surface area contributed by atoms with Gasteiger partial charge < -0.3 is 14.5 Å². The second-order valence-electron chi connectivity index (χ2n) is 5.16. The number of carbonyl (C=O) groups is 1. The molecule has 100 valence electrons. The molecule has 0 N–H and O–H groups in total. The van der Waals surface area contributed by atoms with Gasteiger partial charge in [0.2, 0.25) is 0 Å². The van der Waals surface area contributed by atoms with Gasteiger partial charge in [0.25, 0.3) is 0 Å². The Morgan fingerprint density at radius 2 is 2.00 bits per heavy atom. The van der Waals surface area contributed by atoms with E-state index >= 15 is 0 Å². The van der Waals surface area contributed by atoms with Crippen molar-refractivity contribution in [3.63, 3.8) is 0 Å². The zero-order valence-corrected chi connectivity index (χ0v) is 11.6. The fourth-order valence-electron chi connectivity index (χ4n) is 2.13. The molecule has 0 aromatic heterocycles. The summed E-state index contributed by atoms with van der Waals surface area (Å²) in [5.41, 5.74) is 0. The highest BCUT2D eigenvalue weighted by molar-refractivity contribution is 5.67. The van der Waals surface area contributed by atoms with E-state index in [0.717, 1.165) is 32.5 Å². The number of hydrogen-bond donors (Lipinski definition) is 0. The van der Waals surface area contributed by atoms with Gasteiger partial charge in [-0.15, -0.1) is 0 Å². The molecule has 1 amide bonds. The Balaban J connectivity index is 2.28. The van der Waals surface area contributed by atoms with E-state index in [0.29, 0.717) is 18.6 Å². The number of rotatable bonds is 4. The fraction of sp³-hybridized carbons (Fsp3) is 0.923. The highest BCUT2D eigenvalue weighted by Gasteiger charge is 2.24. The number of likely N-dealkylation sites (tertiary alicyclic amines) is 1. The van der Waals surface area contributed by atoms with Crippen LogP contribution < -0.4 is 0 Å². The minimum Gasteiger partial charge on any atom is -0.450 e. The van der Waals surface area contributed by atoms with Gasteiger partial charge in [0, 0.05) is 25.7 Å². The van der Waals surface area contributed by atoms with Gasteiger partial charge in [0.1, 0.15) is 0 Å². The normalized spacial score (nSPS) is 17.9. The van der Waals surface area contributed by atoms with Gasteiger partial charge in [-0.25, -0.2) is 4.79 Å². The standard InChI is InChI=1S/C13H26N2O2/c1-5-17-13(16)15-8-6-12(7-9-15)10-14(4)11(2)3/h11-12H,5-10H2,1-4H3. The fourth-order valence-corrected chi connectivity index (χ4v) is 2.13. The van der Waals surface area contributed by atoms with Gasteiger partial charge in [0.05, 0.1) is 6.61 Å². The first-order chi connectivity index (χ1) is 8.04. The van der Waals surface area contributed by atoms with Crippen LogP contribution in [0.5, 0.6) is 0 Å². The second kappa shape index (κ2) is 6.84. The van der Waals surface area contributed by atoms with Crippen molar-refractivity contribution in [2.24, 2.45) is 5.92 Å². The van der Waals surface area contributed by atoms with Crippen LogP contribution in [-0.2, 0) is 4.74 Å². The molecule has 1 fully saturated rings. The van der Waals surface area contributed by atoms with Crippen molar-refractivity contribution in [2.45, 2.75) is 39.7 Å². The Kier molecular flexibility index (Phi) is 5.75. The maximum absolute atomic E-state index is 11.5. The van der Waals surface area contributed by atoms with Crippen molar-refractivity contribution in [1.29, 1.82) is 0 Å². The topological polar surface area (TPSA) is 32.8 Å². The lowest BCUT2D eigenvalue weighted by Crippen LogP contribution is -2.42. The summed E-state index contributed by atoms with van der Waals surface area (Å²) in [6.07, 6.45) is 2.04. The molecule has 0 bridgehead atoms. The molecule has 1 aliphatic heterocycles. The Morgan fingerprint density at radius 3 is 2.47 bits per heavy atom. The number of hydrogen-bond acceptors (Lipinski definition) is 3. The summed E-state index contributed by atoms with van der Waals surface area (Å²) in [5.74, 6) is 0.716. The van der Waals surface area contributed by atoms with Crippen LogP contribution in [0.15, 0.2) is 0 Å². The average molecular weight is 242 g/mol. The number of nitrogens with zero attached hydrogens (tertiary/aromatic N) is 2. The Morgan fingerprint density at radius 1 is 1.41 bits per heavy atom. The van der Waals surface area contributed by atoms with Gasteiger partial charge in [-0.2, -0.15) is 0 Å². The number of carbonyl (C=O) groups excluding carboxylic acids is 1. The van der Waals surface area contributed by atoms with Crippen LogP contribution in [0.4, 0.5) is 4.79 Å². The third-order valence-electron chi connectivity index (χ3n) is 3.57. The lowest BCUT2D eigenvalue weighted by atomic mass is 9.96. The largest absolute Gasteiger partial charge is 0.450 e. The molecule has 0 spiro atoms. The van der Waals surface area contributed by atoms with Gasteiger partial charge in [-0.1, -0.05) is 0 Å². The summed E-state index contributed by atoms with van der Waals surface area (Å²) >= 11 is 0. The third-order valence-corrected chi connectivity index (χ3v) is 3.57. The van der Waals surface area contributed by atoms with Crippen LogP contribution in [-0.4, -0.2) is 55.2 Å². The van der Waals surface area contributed by atoms with Crippen LogP contribution in [0.3, 0.4) is 0 Å². The molecule has 1 heterocycles. The Hall–Kier alpha value is -0.770. The summed E-state index contributed by atoms with van der Waals surface area (Å²) in [6.45, 7) is 9.57.